The summed E-state index contributed by atoms with van der Waals surface area (Å²) in [7, 11) is 0. The number of rotatable bonds is 5. The number of hydrogen-bond donors (Lipinski definition) is 1. The minimum absolute atomic E-state index is 0.110. The normalized spacial score (nSPS) is 26.9. The zero-order valence-electron chi connectivity index (χ0n) is 20.0. The number of hydrogen-bond acceptors (Lipinski definition) is 4. The summed E-state index contributed by atoms with van der Waals surface area (Å²) in [4.78, 5) is 33.7. The van der Waals surface area contributed by atoms with E-state index in [-0.39, 0.29) is 17.9 Å². The van der Waals surface area contributed by atoms with Crippen LogP contribution in [0.3, 0.4) is 0 Å². The van der Waals surface area contributed by atoms with Gasteiger partial charge in [-0.1, -0.05) is 32.8 Å². The second kappa shape index (κ2) is 8.78. The lowest BCUT2D eigenvalue weighted by Gasteiger charge is -2.46. The summed E-state index contributed by atoms with van der Waals surface area (Å²) < 4.78 is 7.55. The van der Waals surface area contributed by atoms with Gasteiger partial charge in [0.05, 0.1) is 18.5 Å². The van der Waals surface area contributed by atoms with Gasteiger partial charge in [-0.3, -0.25) is 14.6 Å². The molecule has 34 heavy (non-hydrogen) atoms. The van der Waals surface area contributed by atoms with Gasteiger partial charge in [0.1, 0.15) is 17.0 Å². The summed E-state index contributed by atoms with van der Waals surface area (Å²) in [5.41, 5.74) is 1.18. The molecule has 3 aromatic rings. The molecule has 3 aromatic heterocycles. The molecule has 1 aliphatic carbocycles. The average molecular weight is 461 g/mol. The minimum atomic E-state index is -1.07. The Bertz CT molecular complexity index is 1170. The Labute approximate surface area is 200 Å². The molecule has 2 aliphatic rings. The van der Waals surface area contributed by atoms with E-state index in [1.54, 1.807) is 23.6 Å². The van der Waals surface area contributed by atoms with Crippen molar-refractivity contribution in [3.63, 3.8) is 0 Å². The Balaban J connectivity index is 1.52. The van der Waals surface area contributed by atoms with Crippen LogP contribution in [0.4, 0.5) is 0 Å². The van der Waals surface area contributed by atoms with Crippen molar-refractivity contribution in [2.75, 3.05) is 0 Å². The summed E-state index contributed by atoms with van der Waals surface area (Å²) in [5.74, 6) is 1.36. The van der Waals surface area contributed by atoms with E-state index in [0.717, 1.165) is 24.1 Å². The van der Waals surface area contributed by atoms with Gasteiger partial charge in [0.2, 0.25) is 5.91 Å². The quantitative estimate of drug-likeness (QED) is 0.608. The number of nitrogens with zero attached hydrogens (tertiary/aromatic N) is 3. The van der Waals surface area contributed by atoms with Gasteiger partial charge in [-0.2, -0.15) is 0 Å². The fourth-order valence-corrected chi connectivity index (χ4v) is 5.44. The number of fused-ring (bicyclic) bond motifs is 1. The van der Waals surface area contributed by atoms with Crippen LogP contribution < -0.4 is 5.32 Å². The molecule has 0 bridgehead atoms. The van der Waals surface area contributed by atoms with Gasteiger partial charge in [-0.25, -0.2) is 0 Å². The molecule has 0 unspecified atom stereocenters. The Morgan fingerprint density at radius 2 is 2.00 bits per heavy atom. The van der Waals surface area contributed by atoms with E-state index in [2.05, 4.69) is 24.1 Å². The molecule has 0 radical (unpaired) electrons. The molecule has 178 valence electrons. The van der Waals surface area contributed by atoms with Crippen molar-refractivity contribution >= 4 is 11.8 Å². The lowest BCUT2D eigenvalue weighted by Crippen LogP contribution is -2.65. The number of nitrogens with one attached hydrogen (secondary N) is 1. The van der Waals surface area contributed by atoms with Crippen LogP contribution in [-0.2, 0) is 17.9 Å². The molecule has 4 heterocycles. The first kappa shape index (κ1) is 22.4. The third kappa shape index (κ3) is 3.83. The summed E-state index contributed by atoms with van der Waals surface area (Å²) in [5, 5.41) is 3.34. The minimum Gasteiger partial charge on any atom is -0.463 e. The molecule has 7 heteroatoms. The lowest BCUT2D eigenvalue weighted by atomic mass is 9.77. The highest BCUT2D eigenvalue weighted by Gasteiger charge is 2.48. The second-order valence-electron chi connectivity index (χ2n) is 10.0. The first-order chi connectivity index (χ1) is 16.4. The van der Waals surface area contributed by atoms with Crippen molar-refractivity contribution in [1.29, 1.82) is 0 Å². The van der Waals surface area contributed by atoms with Gasteiger partial charge in [0.25, 0.3) is 5.91 Å². The van der Waals surface area contributed by atoms with Gasteiger partial charge in [0, 0.05) is 25.0 Å². The van der Waals surface area contributed by atoms with Crippen LogP contribution >= 0.6 is 0 Å². The predicted octanol–water partition coefficient (Wildman–Crippen LogP) is 4.50. The van der Waals surface area contributed by atoms with Crippen molar-refractivity contribution in [1.82, 2.24) is 19.8 Å². The molecule has 2 amide bonds. The fraction of sp³-hybridized carbons (Fsp3) is 0.444. The molecular weight excluding hydrogens is 428 g/mol. The standard InChI is InChI=1S/C27H32N4O3/c1-18-7-4-9-21(19(18)2)29-26(33)27(3)17-30-22(24-10-6-14-34-24)11-12-23(30)25(32)31(27)16-20-8-5-13-28-15-20/h5-6,8,10-15,18-19,21H,4,7,9,16-17H2,1-3H3,(H,29,33)/t18-,19-,21+,27-/m1/s1. The third-order valence-electron chi connectivity index (χ3n) is 7.86. The topological polar surface area (TPSA) is 80.4 Å². The van der Waals surface area contributed by atoms with Crippen molar-refractivity contribution in [2.45, 2.75) is 64.7 Å². The molecule has 7 nitrogen and oxygen atoms in total. The first-order valence-corrected chi connectivity index (χ1v) is 12.1. The van der Waals surface area contributed by atoms with Crippen LogP contribution in [0.5, 0.6) is 0 Å². The fourth-order valence-electron chi connectivity index (χ4n) is 5.44. The van der Waals surface area contributed by atoms with Gasteiger partial charge < -0.3 is 19.2 Å². The van der Waals surface area contributed by atoms with Crippen LogP contribution in [0, 0.1) is 11.8 Å². The predicted molar refractivity (Wildman–Crippen MR) is 129 cm³/mol. The third-order valence-corrected chi connectivity index (χ3v) is 7.86. The molecular formula is C27H32N4O3. The van der Waals surface area contributed by atoms with Gasteiger partial charge in [-0.05, 0) is 61.1 Å². The SMILES string of the molecule is C[C@@H]1[C@H](C)CCC[C@@H]1NC(=O)[C@@]1(C)Cn2c(ccc2-c2ccco2)C(=O)N1Cc1cccnc1. The van der Waals surface area contributed by atoms with Crippen molar-refractivity contribution in [3.8, 4) is 11.5 Å². The Kier molecular flexibility index (Phi) is 5.80. The second-order valence-corrected chi connectivity index (χ2v) is 10.0. The molecule has 1 N–H and O–H groups in total. The maximum atomic E-state index is 14.0. The molecule has 0 spiro atoms. The summed E-state index contributed by atoms with van der Waals surface area (Å²) >= 11 is 0. The molecule has 1 fully saturated rings. The Hall–Kier alpha value is -3.35. The van der Waals surface area contributed by atoms with Crippen LogP contribution in [0.1, 0.15) is 56.1 Å². The summed E-state index contributed by atoms with van der Waals surface area (Å²) in [6.07, 6.45) is 8.34. The van der Waals surface area contributed by atoms with Gasteiger partial charge in [0.15, 0.2) is 0 Å². The number of pyridine rings is 1. The van der Waals surface area contributed by atoms with E-state index < -0.39 is 5.54 Å². The average Bonchev–Trinajstić information content (AvgIpc) is 3.50. The highest BCUT2D eigenvalue weighted by atomic mass is 16.3. The number of furan rings is 1. The maximum absolute atomic E-state index is 14.0. The Morgan fingerprint density at radius 1 is 1.18 bits per heavy atom. The van der Waals surface area contributed by atoms with E-state index in [0.29, 0.717) is 36.4 Å². The Morgan fingerprint density at radius 3 is 2.74 bits per heavy atom. The van der Waals surface area contributed by atoms with E-state index in [9.17, 15) is 9.59 Å². The smallest absolute Gasteiger partial charge is 0.271 e. The first-order valence-electron chi connectivity index (χ1n) is 12.1. The largest absolute Gasteiger partial charge is 0.463 e. The zero-order valence-corrected chi connectivity index (χ0v) is 20.0. The highest BCUT2D eigenvalue weighted by molar-refractivity contribution is 6.00. The number of aromatic nitrogens is 2. The molecule has 0 aromatic carbocycles. The number of carbonyl (C=O) groups excluding carboxylic acids is 2. The number of amides is 2. The molecule has 4 atom stereocenters. The summed E-state index contributed by atoms with van der Waals surface area (Å²) in [6.45, 7) is 7.01. The monoisotopic (exact) mass is 460 g/mol. The molecule has 5 rings (SSSR count). The van der Waals surface area contributed by atoms with Crippen LogP contribution in [0.2, 0.25) is 0 Å². The van der Waals surface area contributed by atoms with Crippen LogP contribution in [0.15, 0.2) is 59.5 Å². The van der Waals surface area contributed by atoms with Crippen molar-refractivity contribution in [2.24, 2.45) is 11.8 Å². The van der Waals surface area contributed by atoms with Crippen LogP contribution in [-0.4, -0.2) is 37.8 Å². The molecule has 1 aliphatic heterocycles. The maximum Gasteiger partial charge on any atom is 0.271 e. The zero-order chi connectivity index (χ0) is 23.9. The summed E-state index contributed by atoms with van der Waals surface area (Å²) in [6, 6.07) is 11.3. The van der Waals surface area contributed by atoms with Crippen molar-refractivity contribution in [3.05, 3.63) is 66.3 Å². The highest BCUT2D eigenvalue weighted by Crippen LogP contribution is 2.35. The van der Waals surface area contributed by atoms with Crippen molar-refractivity contribution < 1.29 is 14.0 Å². The van der Waals surface area contributed by atoms with E-state index >= 15 is 0 Å². The van der Waals surface area contributed by atoms with Gasteiger partial charge >= 0.3 is 0 Å². The van der Waals surface area contributed by atoms with E-state index in [1.165, 1.54) is 6.42 Å². The molecule has 0 saturated heterocycles. The van der Waals surface area contributed by atoms with Crippen LogP contribution in [0.25, 0.3) is 11.5 Å². The van der Waals surface area contributed by atoms with Gasteiger partial charge in [-0.15, -0.1) is 0 Å². The lowest BCUT2D eigenvalue weighted by molar-refractivity contribution is -0.134. The van der Waals surface area contributed by atoms with E-state index in [1.807, 2.05) is 47.9 Å². The van der Waals surface area contributed by atoms with E-state index in [4.69, 9.17) is 4.42 Å². The molecule has 1 saturated carbocycles. The number of carbonyl (C=O) groups is 2.